The summed E-state index contributed by atoms with van der Waals surface area (Å²) >= 11 is 0. The molecule has 4 N–H and O–H groups in total. The van der Waals surface area contributed by atoms with Crippen molar-refractivity contribution in [3.63, 3.8) is 0 Å². The average Bonchev–Trinajstić information content (AvgIpc) is 2.74. The van der Waals surface area contributed by atoms with Gasteiger partial charge in [-0.3, -0.25) is 14.5 Å². The van der Waals surface area contributed by atoms with E-state index in [1.807, 2.05) is 24.4 Å². The van der Waals surface area contributed by atoms with E-state index in [0.29, 0.717) is 6.42 Å². The maximum atomic E-state index is 11.4. The number of hydrogen-bond acceptors (Lipinski definition) is 9. The van der Waals surface area contributed by atoms with Crippen LogP contribution in [0.25, 0.3) is 26.4 Å². The van der Waals surface area contributed by atoms with Crippen molar-refractivity contribution >= 4 is 32.2 Å². The van der Waals surface area contributed by atoms with Gasteiger partial charge in [0.15, 0.2) is 0 Å². The maximum Gasteiger partial charge on any atom is 1.00 e. The van der Waals surface area contributed by atoms with Crippen molar-refractivity contribution in [2.45, 2.75) is 63.6 Å². The summed E-state index contributed by atoms with van der Waals surface area (Å²) < 4.78 is 110. The number of carbonyl (C=O) groups is 2. The monoisotopic (exact) mass is 635 g/mol. The van der Waals surface area contributed by atoms with Crippen LogP contribution in [0.15, 0.2) is 5.11 Å². The van der Waals surface area contributed by atoms with Crippen molar-refractivity contribution < 1.29 is 96.2 Å². The fourth-order valence-corrected chi connectivity index (χ4v) is 2.94. The van der Waals surface area contributed by atoms with E-state index in [1.54, 1.807) is 6.92 Å². The van der Waals surface area contributed by atoms with E-state index >= 15 is 0 Å². The van der Waals surface area contributed by atoms with Gasteiger partial charge in [0, 0.05) is 4.91 Å². The molecule has 25 heteroatoms. The minimum absolute atomic E-state index is 0. The quantitative estimate of drug-likeness (QED) is 0.0800. The van der Waals surface area contributed by atoms with Gasteiger partial charge in [0.1, 0.15) is 12.1 Å². The molecule has 0 aromatic carbocycles. The van der Waals surface area contributed by atoms with Crippen LogP contribution >= 0.6 is 0 Å². The molecule has 0 spiro atoms. The number of nitrogens with zero attached hydrogens (tertiary/aromatic N) is 6. The van der Waals surface area contributed by atoms with E-state index in [0.717, 1.165) is 6.42 Å². The number of azide groups is 1. The first-order valence-corrected chi connectivity index (χ1v) is 12.2. The zero-order valence-corrected chi connectivity index (χ0v) is 24.5. The first-order chi connectivity index (χ1) is 16.8. The molecule has 0 amide bonds. The molecule has 0 aromatic heterocycles. The third-order valence-electron chi connectivity index (χ3n) is 3.90. The van der Waals surface area contributed by atoms with Crippen LogP contribution in [0, 0.1) is 11.8 Å². The first-order valence-electron chi connectivity index (χ1n) is 9.42. The van der Waals surface area contributed by atoms with Crippen molar-refractivity contribution in [3.05, 3.63) is 26.4 Å². The van der Waals surface area contributed by atoms with Gasteiger partial charge < -0.3 is 27.0 Å². The summed E-state index contributed by atoms with van der Waals surface area (Å²) in [5.74, 6) is -2.01. The predicted molar refractivity (Wildman–Crippen MR) is 116 cm³/mol. The van der Waals surface area contributed by atoms with Crippen molar-refractivity contribution in [1.29, 1.82) is 0 Å². The molecule has 0 fully saturated rings. The van der Waals surface area contributed by atoms with Gasteiger partial charge in [0.25, 0.3) is 0 Å². The molecule has 0 saturated heterocycles. The molecule has 39 heavy (non-hydrogen) atoms. The van der Waals surface area contributed by atoms with Gasteiger partial charge in [-0.15, -0.1) is 3.63 Å². The third kappa shape index (κ3) is 20.5. The second-order valence-corrected chi connectivity index (χ2v) is 9.87. The zero-order chi connectivity index (χ0) is 31.7. The molecular weight excluding hydrogens is 611 g/mol. The van der Waals surface area contributed by atoms with Crippen LogP contribution in [0.2, 0.25) is 0 Å². The molecular formula is C14H24F6N7NaO9S2. The Labute approximate surface area is 240 Å². The van der Waals surface area contributed by atoms with Crippen LogP contribution < -0.4 is 35.3 Å². The minimum Gasteiger partial charge on any atom is -0.481 e. The van der Waals surface area contributed by atoms with E-state index in [9.17, 15) is 52.8 Å². The van der Waals surface area contributed by atoms with Crippen molar-refractivity contribution in [2.75, 3.05) is 0 Å². The molecule has 16 nitrogen and oxygen atoms in total. The summed E-state index contributed by atoms with van der Waals surface area (Å²) in [7, 11) is -13.7. The molecule has 2 unspecified atom stereocenters. The van der Waals surface area contributed by atoms with Gasteiger partial charge in [-0.25, -0.2) is 0 Å². The number of alkyl halides is 6. The zero-order valence-electron chi connectivity index (χ0n) is 20.8. The van der Waals surface area contributed by atoms with Crippen LogP contribution in [-0.4, -0.2) is 62.1 Å². The minimum atomic E-state index is -6.85. The Morgan fingerprint density at radius 3 is 1.33 bits per heavy atom. The molecule has 0 aliphatic rings. The van der Waals surface area contributed by atoms with E-state index in [2.05, 4.69) is 10.0 Å². The summed E-state index contributed by atoms with van der Waals surface area (Å²) in [6.07, 6.45) is 1.50. The standard InChI is InChI=1S/C6H11N3O2.C6H13NO2.C2F6O5S2.N3.Na/c1-3-4(2)5(6(10)11)8-9-7;1-3-4(2)5(7)6(8)9;3-1(4,5)14(9,10)13-15(11,12)2(6,7)8;1-3-2;/h4-5H,3H2,1-2H3,(H,10,11);4-5H,3,7H2,1-2H3,(H,8,9);;;/q;;;-1;+1/t2*4?,5-;;;/m00.../s1. The number of halogens is 6. The van der Waals surface area contributed by atoms with Crippen molar-refractivity contribution in [1.82, 2.24) is 0 Å². The maximum absolute atomic E-state index is 11.4. The number of carboxylic acid groups (broad SMARTS) is 2. The van der Waals surface area contributed by atoms with Crippen LogP contribution in [0.1, 0.15) is 40.5 Å². The molecule has 0 heterocycles. The number of hydrogen-bond donors (Lipinski definition) is 3. The molecule has 0 aliphatic heterocycles. The molecule has 0 radical (unpaired) electrons. The number of carboxylic acids is 2. The Bertz CT molecular complexity index is 1000. The van der Waals surface area contributed by atoms with Gasteiger partial charge >= 0.3 is 72.7 Å². The summed E-state index contributed by atoms with van der Waals surface area (Å²) in [6.45, 7) is 7.35. The molecule has 0 bridgehead atoms. The summed E-state index contributed by atoms with van der Waals surface area (Å²) in [4.78, 5) is 24.6. The Hall–Kier alpha value is -2.04. The van der Waals surface area contributed by atoms with Crippen LogP contribution in [0.4, 0.5) is 26.3 Å². The SMILES string of the molecule is CCC(C)[C@H](N)C(=O)O.CCC(C)[C@H](N=[N+]=[N-])C(=O)O.O=S(=O)(OS(=O)(=O)C(F)(F)F)C(F)(F)F.[N-]=[N+]=[N-].[Na+]. The Balaban J connectivity index is -0.000000143. The van der Waals surface area contributed by atoms with Gasteiger partial charge in [0.2, 0.25) is 0 Å². The largest absolute Gasteiger partial charge is 1.00 e. The molecule has 0 aliphatic carbocycles. The van der Waals surface area contributed by atoms with Crippen molar-refractivity contribution in [3.8, 4) is 0 Å². The molecule has 224 valence electrons. The summed E-state index contributed by atoms with van der Waals surface area (Å²) in [5.41, 5.74) is 14.3. The van der Waals surface area contributed by atoms with Gasteiger partial charge in [0.05, 0.1) is 0 Å². The van der Waals surface area contributed by atoms with E-state index in [1.165, 1.54) is 4.91 Å². The second kappa shape index (κ2) is 20.8. The second-order valence-electron chi connectivity index (χ2n) is 6.58. The summed E-state index contributed by atoms with van der Waals surface area (Å²) in [6, 6.07) is -1.63. The van der Waals surface area contributed by atoms with Crippen LogP contribution in [0.3, 0.4) is 0 Å². The third-order valence-corrected chi connectivity index (χ3v) is 6.47. The first kappa shape index (κ1) is 46.8. The predicted octanol–water partition coefficient (Wildman–Crippen LogP) is 0.813. The van der Waals surface area contributed by atoms with Gasteiger partial charge in [-0.2, -0.15) is 43.2 Å². The average molecular weight is 635 g/mol. The Morgan fingerprint density at radius 1 is 0.872 bits per heavy atom. The van der Waals surface area contributed by atoms with Gasteiger partial charge in [-0.05, 0) is 17.4 Å². The molecule has 4 atom stereocenters. The molecule has 0 aromatic rings. The van der Waals surface area contributed by atoms with E-state index in [4.69, 9.17) is 32.5 Å². The number of aliphatic carboxylic acids is 2. The molecule has 0 saturated carbocycles. The number of nitrogens with two attached hydrogens (primary N) is 1. The number of rotatable bonds is 9. The smallest absolute Gasteiger partial charge is 0.481 e. The fourth-order valence-electron chi connectivity index (χ4n) is 1.38. The Kier molecular flexibility index (Phi) is 25.0. The fraction of sp³-hybridized carbons (Fsp3) is 0.857. The normalized spacial score (nSPS) is 14.1. The van der Waals surface area contributed by atoms with Crippen LogP contribution in [0.5, 0.6) is 0 Å². The van der Waals surface area contributed by atoms with E-state index in [-0.39, 0.29) is 41.4 Å². The topological polar surface area (TPSA) is 286 Å². The van der Waals surface area contributed by atoms with E-state index < -0.39 is 55.3 Å². The van der Waals surface area contributed by atoms with Crippen molar-refractivity contribution in [2.24, 2.45) is 22.7 Å². The Morgan fingerprint density at radius 2 is 1.18 bits per heavy atom. The van der Waals surface area contributed by atoms with Gasteiger partial charge in [-0.1, -0.05) is 45.7 Å². The van der Waals surface area contributed by atoms with Crippen LogP contribution in [-0.2, 0) is 33.5 Å². The molecule has 0 rings (SSSR count). The summed E-state index contributed by atoms with van der Waals surface area (Å²) in [5, 5.41) is 20.1.